The molecule has 9 heteroatoms. The van der Waals surface area contributed by atoms with Crippen molar-refractivity contribution in [3.63, 3.8) is 0 Å². The highest BCUT2D eigenvalue weighted by Gasteiger charge is 2.19. The second-order valence-electron chi connectivity index (χ2n) is 5.38. The van der Waals surface area contributed by atoms with Crippen molar-refractivity contribution in [2.75, 3.05) is 14.1 Å². The second-order valence-corrected chi connectivity index (χ2v) is 9.31. The maximum atomic E-state index is 12.6. The Balaban J connectivity index is 2.04. The molecule has 0 aliphatic rings. The minimum atomic E-state index is -3.47. The third-order valence-corrected chi connectivity index (χ3v) is 7.25. The van der Waals surface area contributed by atoms with Crippen molar-refractivity contribution < 1.29 is 8.42 Å². The molecule has 1 N–H and O–H groups in total. The molecular formula is C15H15N3O3S3. The molecule has 24 heavy (non-hydrogen) atoms. The number of aromatic nitrogens is 2. The fourth-order valence-electron chi connectivity index (χ4n) is 2.26. The summed E-state index contributed by atoms with van der Waals surface area (Å²) in [4.78, 5) is 16.4. The van der Waals surface area contributed by atoms with Crippen LogP contribution in [-0.2, 0) is 16.6 Å². The number of hydrogen-bond acceptors (Lipinski definition) is 5. The van der Waals surface area contributed by atoms with E-state index in [0.717, 1.165) is 20.5 Å². The quantitative estimate of drug-likeness (QED) is 0.704. The van der Waals surface area contributed by atoms with Gasteiger partial charge < -0.3 is 4.98 Å². The largest absolute Gasteiger partial charge is 0.332 e. The maximum Gasteiger partial charge on any atom is 0.262 e. The van der Waals surface area contributed by atoms with E-state index in [1.54, 1.807) is 30.3 Å². The van der Waals surface area contributed by atoms with Gasteiger partial charge in [-0.05, 0) is 36.5 Å². The van der Waals surface area contributed by atoms with Crippen molar-refractivity contribution in [3.8, 4) is 0 Å². The number of rotatable bonds is 4. The van der Waals surface area contributed by atoms with Gasteiger partial charge in [-0.25, -0.2) is 12.7 Å². The summed E-state index contributed by atoms with van der Waals surface area (Å²) >= 11 is 6.41. The lowest BCUT2D eigenvalue weighted by Crippen LogP contribution is -2.22. The highest BCUT2D eigenvalue weighted by atomic mass is 32.2. The molecule has 2 heterocycles. The van der Waals surface area contributed by atoms with Crippen LogP contribution in [0.4, 0.5) is 0 Å². The van der Waals surface area contributed by atoms with Crippen molar-refractivity contribution >= 4 is 44.5 Å². The molecule has 0 unspecified atom stereocenters. The minimum Gasteiger partial charge on any atom is -0.332 e. The first-order valence-electron chi connectivity index (χ1n) is 7.04. The predicted octanol–water partition coefficient (Wildman–Crippen LogP) is 2.42. The van der Waals surface area contributed by atoms with Crippen LogP contribution in [0.1, 0.15) is 4.88 Å². The number of benzene rings is 1. The van der Waals surface area contributed by atoms with Crippen molar-refractivity contribution in [2.45, 2.75) is 10.8 Å². The molecule has 6 nitrogen and oxygen atoms in total. The van der Waals surface area contributed by atoms with Crippen LogP contribution in [0.15, 0.2) is 45.4 Å². The third kappa shape index (κ3) is 2.95. The van der Waals surface area contributed by atoms with Crippen molar-refractivity contribution in [2.24, 2.45) is 0 Å². The number of fused-ring (bicyclic) bond motifs is 1. The van der Waals surface area contributed by atoms with E-state index < -0.39 is 10.0 Å². The monoisotopic (exact) mass is 381 g/mol. The van der Waals surface area contributed by atoms with Gasteiger partial charge in [-0.15, -0.1) is 11.3 Å². The van der Waals surface area contributed by atoms with Gasteiger partial charge in [0.2, 0.25) is 0 Å². The predicted molar refractivity (Wildman–Crippen MR) is 97.7 cm³/mol. The summed E-state index contributed by atoms with van der Waals surface area (Å²) in [5.41, 5.74) is 0.491. The SMILES string of the molecule is CN(C)S(=O)(=O)c1ccc(Cn2c(=S)[nH]c3ccccc3c2=O)s1. The molecule has 1 aromatic carbocycles. The number of nitrogens with one attached hydrogen (secondary N) is 1. The van der Waals surface area contributed by atoms with Crippen LogP contribution in [0.2, 0.25) is 0 Å². The van der Waals surface area contributed by atoms with Crippen LogP contribution in [0.5, 0.6) is 0 Å². The Morgan fingerprint density at radius 1 is 1.21 bits per heavy atom. The van der Waals surface area contributed by atoms with E-state index in [0.29, 0.717) is 15.7 Å². The van der Waals surface area contributed by atoms with E-state index in [2.05, 4.69) is 4.98 Å². The number of hydrogen-bond donors (Lipinski definition) is 1. The average molecular weight is 382 g/mol. The normalized spacial score (nSPS) is 12.1. The van der Waals surface area contributed by atoms with Gasteiger partial charge >= 0.3 is 0 Å². The highest BCUT2D eigenvalue weighted by Crippen LogP contribution is 2.24. The molecule has 2 aromatic heterocycles. The van der Waals surface area contributed by atoms with Gasteiger partial charge in [0.25, 0.3) is 15.6 Å². The smallest absolute Gasteiger partial charge is 0.262 e. The van der Waals surface area contributed by atoms with Gasteiger partial charge in [-0.3, -0.25) is 9.36 Å². The van der Waals surface area contributed by atoms with E-state index in [-0.39, 0.29) is 16.3 Å². The zero-order chi connectivity index (χ0) is 17.5. The number of nitrogens with zero attached hydrogens (tertiary/aromatic N) is 2. The van der Waals surface area contributed by atoms with Crippen LogP contribution < -0.4 is 5.56 Å². The Hall–Kier alpha value is -1.81. The lowest BCUT2D eigenvalue weighted by Gasteiger charge is -2.09. The van der Waals surface area contributed by atoms with E-state index in [1.807, 2.05) is 6.07 Å². The molecule has 126 valence electrons. The highest BCUT2D eigenvalue weighted by molar-refractivity contribution is 7.91. The molecule has 3 rings (SSSR count). The number of para-hydroxylation sites is 1. The molecule has 0 bridgehead atoms. The lowest BCUT2D eigenvalue weighted by molar-refractivity contribution is 0.523. The third-order valence-electron chi connectivity index (χ3n) is 3.58. The first-order valence-corrected chi connectivity index (χ1v) is 9.70. The number of sulfonamides is 1. The fourth-order valence-corrected chi connectivity index (χ4v) is 5.03. The molecule has 0 amide bonds. The standard InChI is InChI=1S/C15H15N3O3S3/c1-17(2)24(20,21)13-8-7-10(23-13)9-18-14(19)11-5-3-4-6-12(11)16-15(18)22/h3-8H,9H2,1-2H3,(H,16,22). The Labute approximate surface area is 148 Å². The summed E-state index contributed by atoms with van der Waals surface area (Å²) in [6.07, 6.45) is 0. The lowest BCUT2D eigenvalue weighted by atomic mass is 10.2. The Kier molecular flexibility index (Phi) is 4.43. The maximum absolute atomic E-state index is 12.6. The zero-order valence-corrected chi connectivity index (χ0v) is 15.5. The average Bonchev–Trinajstić information content (AvgIpc) is 3.00. The second kappa shape index (κ2) is 6.25. The summed E-state index contributed by atoms with van der Waals surface area (Å²) in [7, 11) is -0.503. The van der Waals surface area contributed by atoms with Crippen LogP contribution in [0.25, 0.3) is 10.9 Å². The molecule has 0 saturated carbocycles. The minimum absolute atomic E-state index is 0.195. The van der Waals surface area contributed by atoms with Crippen LogP contribution >= 0.6 is 23.6 Å². The molecule has 0 spiro atoms. The summed E-state index contributed by atoms with van der Waals surface area (Å²) in [5, 5.41) is 0.545. The fraction of sp³-hybridized carbons (Fsp3) is 0.200. The molecule has 3 aromatic rings. The van der Waals surface area contributed by atoms with E-state index in [9.17, 15) is 13.2 Å². The first kappa shape index (κ1) is 17.0. The molecule has 0 saturated heterocycles. The Morgan fingerprint density at radius 2 is 1.92 bits per heavy atom. The van der Waals surface area contributed by atoms with Gasteiger partial charge in [-0.2, -0.15) is 0 Å². The van der Waals surface area contributed by atoms with E-state index in [4.69, 9.17) is 12.2 Å². The molecular weight excluding hydrogens is 366 g/mol. The topological polar surface area (TPSA) is 75.2 Å². The molecule has 0 atom stereocenters. The van der Waals surface area contributed by atoms with E-state index >= 15 is 0 Å². The van der Waals surface area contributed by atoms with Gasteiger partial charge in [0, 0.05) is 19.0 Å². The number of H-pyrrole nitrogens is 1. The Bertz CT molecular complexity index is 1120. The van der Waals surface area contributed by atoms with Crippen molar-refractivity contribution in [1.82, 2.24) is 13.9 Å². The molecule has 0 fully saturated rings. The van der Waals surface area contributed by atoms with Gasteiger partial charge in [-0.1, -0.05) is 12.1 Å². The number of aromatic amines is 1. The Morgan fingerprint density at radius 3 is 2.62 bits per heavy atom. The summed E-state index contributed by atoms with van der Waals surface area (Å²) in [5.74, 6) is 0. The summed E-state index contributed by atoms with van der Waals surface area (Å²) in [6.45, 7) is 0.229. The zero-order valence-electron chi connectivity index (χ0n) is 13.0. The molecule has 0 aliphatic heterocycles. The summed E-state index contributed by atoms with van der Waals surface area (Å²) in [6, 6.07) is 10.4. The van der Waals surface area contributed by atoms with Crippen LogP contribution in [-0.4, -0.2) is 36.4 Å². The van der Waals surface area contributed by atoms with Crippen molar-refractivity contribution in [1.29, 1.82) is 0 Å². The van der Waals surface area contributed by atoms with Crippen LogP contribution in [0.3, 0.4) is 0 Å². The van der Waals surface area contributed by atoms with Crippen LogP contribution in [0, 0.1) is 4.77 Å². The van der Waals surface area contributed by atoms with Gasteiger partial charge in [0.1, 0.15) is 4.21 Å². The van der Waals surface area contributed by atoms with Gasteiger partial charge in [0.15, 0.2) is 4.77 Å². The first-order chi connectivity index (χ1) is 11.3. The number of thiophene rings is 1. The van der Waals surface area contributed by atoms with Gasteiger partial charge in [0.05, 0.1) is 17.4 Å². The van der Waals surface area contributed by atoms with Crippen molar-refractivity contribution in [3.05, 3.63) is 56.4 Å². The molecule has 0 aliphatic carbocycles. The van der Waals surface area contributed by atoms with E-state index in [1.165, 1.54) is 18.7 Å². The molecule has 0 radical (unpaired) electrons. The summed E-state index contributed by atoms with van der Waals surface area (Å²) < 4.78 is 27.5.